The molecule has 2 aliphatic rings. The van der Waals surface area contributed by atoms with Crippen LogP contribution in [-0.2, 0) is 51.0 Å². The SMILES string of the molecule is CCCCC/C=C\C/C=C\C/C=C\C/C=C\CCCC(=O)OC[C@H](COP(=O)(O)OP(=O)(O)OC[C@H]1O[C@@H](n2ccc(N)nc2=O)[C@H](O)[C@@H]1O)OC(=O)CCC/C=C\CC1OC1C/C=C\C/C=C\CCCCC. The summed E-state index contributed by atoms with van der Waals surface area (Å²) >= 11 is 0. The Balaban J connectivity index is 1.44. The molecule has 1 aromatic rings. The van der Waals surface area contributed by atoms with Crippen LogP contribution in [0.4, 0.5) is 5.82 Å². The Bertz CT molecular complexity index is 2120. The van der Waals surface area contributed by atoms with E-state index in [9.17, 15) is 43.5 Å². The first-order chi connectivity index (χ1) is 35.1. The van der Waals surface area contributed by atoms with E-state index in [0.29, 0.717) is 25.7 Å². The number of unbranched alkanes of at least 4 members (excludes halogenated alkanes) is 8. The first kappa shape index (κ1) is 63.2. The summed E-state index contributed by atoms with van der Waals surface area (Å²) < 4.78 is 62.5. The number of rotatable bonds is 40. The second-order valence-corrected chi connectivity index (χ2v) is 20.7. The second-order valence-electron chi connectivity index (χ2n) is 17.7. The van der Waals surface area contributed by atoms with Gasteiger partial charge in [0, 0.05) is 19.0 Å². The van der Waals surface area contributed by atoms with Crippen molar-refractivity contribution < 1.29 is 71.0 Å². The molecule has 0 spiro atoms. The first-order valence-corrected chi connectivity index (χ1v) is 28.7. The zero-order valence-corrected chi connectivity index (χ0v) is 44.4. The Morgan fingerprint density at radius 3 is 1.73 bits per heavy atom. The molecule has 2 aliphatic heterocycles. The van der Waals surface area contributed by atoms with Crippen molar-refractivity contribution in [1.82, 2.24) is 9.55 Å². The van der Waals surface area contributed by atoms with Crippen LogP contribution in [0.15, 0.2) is 102 Å². The second kappa shape index (κ2) is 36.8. The Morgan fingerprint density at radius 1 is 0.671 bits per heavy atom. The number of phosphoric ester groups is 2. The fourth-order valence-electron chi connectivity index (χ4n) is 7.22. The Hall–Kier alpha value is -4.10. The summed E-state index contributed by atoms with van der Waals surface area (Å²) in [5, 5.41) is 20.9. The van der Waals surface area contributed by atoms with Crippen LogP contribution in [0.25, 0.3) is 0 Å². The predicted octanol–water partition coefficient (Wildman–Crippen LogP) is 9.65. The minimum absolute atomic E-state index is 0.0313. The van der Waals surface area contributed by atoms with Crippen molar-refractivity contribution >= 4 is 33.4 Å². The largest absolute Gasteiger partial charge is 0.481 e. The molecular weight excluding hydrogens is 985 g/mol. The van der Waals surface area contributed by atoms with Crippen molar-refractivity contribution in [3.05, 3.63) is 108 Å². The van der Waals surface area contributed by atoms with Crippen LogP contribution in [0.3, 0.4) is 0 Å². The summed E-state index contributed by atoms with van der Waals surface area (Å²) in [7, 11) is -10.9. The molecule has 73 heavy (non-hydrogen) atoms. The number of esters is 2. The lowest BCUT2D eigenvalue weighted by Gasteiger charge is -2.21. The molecule has 4 unspecified atom stereocenters. The van der Waals surface area contributed by atoms with E-state index in [1.807, 2.05) is 24.3 Å². The first-order valence-electron chi connectivity index (χ1n) is 25.7. The summed E-state index contributed by atoms with van der Waals surface area (Å²) in [4.78, 5) is 62.0. The number of aliphatic hydroxyl groups is 2. The highest BCUT2D eigenvalue weighted by molar-refractivity contribution is 7.61. The minimum atomic E-state index is -5.46. The average molecular weight is 1070 g/mol. The number of carbonyl (C=O) groups is 2. The number of carbonyl (C=O) groups excluding carboxylic acids is 2. The molecule has 9 atom stereocenters. The van der Waals surface area contributed by atoms with Gasteiger partial charge in [-0.15, -0.1) is 0 Å². The van der Waals surface area contributed by atoms with Crippen LogP contribution in [0, 0.1) is 0 Å². The van der Waals surface area contributed by atoms with E-state index >= 15 is 0 Å². The van der Waals surface area contributed by atoms with Crippen LogP contribution in [-0.4, -0.2) is 97.9 Å². The molecule has 2 saturated heterocycles. The average Bonchev–Trinajstić information content (AvgIpc) is 4.04. The van der Waals surface area contributed by atoms with Gasteiger partial charge in [0.25, 0.3) is 0 Å². The number of hydrogen-bond donors (Lipinski definition) is 5. The molecule has 0 aliphatic carbocycles. The summed E-state index contributed by atoms with van der Waals surface area (Å²) in [5.74, 6) is -1.45. The van der Waals surface area contributed by atoms with Gasteiger partial charge in [-0.25, -0.2) is 13.9 Å². The van der Waals surface area contributed by atoms with Gasteiger partial charge in [-0.1, -0.05) is 125 Å². The van der Waals surface area contributed by atoms with Crippen molar-refractivity contribution in [3.8, 4) is 0 Å². The molecular formula is C52H81N3O16P2. The lowest BCUT2D eigenvalue weighted by atomic mass is 10.1. The monoisotopic (exact) mass is 1070 g/mol. The molecule has 1 aromatic heterocycles. The number of allylic oxidation sites excluding steroid dienone is 12. The lowest BCUT2D eigenvalue weighted by molar-refractivity contribution is -0.161. The van der Waals surface area contributed by atoms with Gasteiger partial charge in [0.15, 0.2) is 12.3 Å². The maximum absolute atomic E-state index is 12.9. The molecule has 0 radical (unpaired) electrons. The number of nitrogens with zero attached hydrogens (tertiary/aromatic N) is 2. The van der Waals surface area contributed by atoms with Gasteiger partial charge in [-0.3, -0.25) is 23.2 Å². The smallest absolute Gasteiger partial charge is 0.462 e. The highest BCUT2D eigenvalue weighted by Gasteiger charge is 2.46. The van der Waals surface area contributed by atoms with Crippen LogP contribution in [0.1, 0.15) is 148 Å². The number of epoxide rings is 1. The minimum Gasteiger partial charge on any atom is -0.462 e. The maximum Gasteiger partial charge on any atom is 0.481 e. The molecule has 410 valence electrons. The van der Waals surface area contributed by atoms with Crippen LogP contribution < -0.4 is 11.4 Å². The van der Waals surface area contributed by atoms with E-state index < -0.39 is 83.7 Å². The third kappa shape index (κ3) is 29.0. The van der Waals surface area contributed by atoms with E-state index in [2.05, 4.69) is 83.9 Å². The van der Waals surface area contributed by atoms with Crippen LogP contribution in [0.5, 0.6) is 0 Å². The standard InChI is InChI=1S/C52H81N3O16P2/c1-3-5-7-9-11-13-14-15-16-17-18-19-20-22-24-26-31-35-47(56)65-39-42(68-48(57)36-32-28-27-30-34-44-43(69-44)33-29-25-23-21-12-10-8-6-4-2)40-66-72(61,62)71-73(63,64)67-41-45-49(58)50(59)51(70-45)55-38-37-46(53)54-52(55)60/h11-13,15-16,18-19,21-22,24-25,27,29-30,37-38,42-45,49-51,58-59H,3-10,14,17,20,23,26,28,31-36,39-41H2,1-2H3,(H,61,62)(H,63,64)(H2,53,54,60)/b13-11-,16-15-,19-18-,21-12-,24-22-,29-25-,30-27-/t42-,43?,44?,45-,49-,50-,51-/m1/s1. The Morgan fingerprint density at radius 2 is 1.16 bits per heavy atom. The summed E-state index contributed by atoms with van der Waals surface area (Å²) in [6.45, 7) is 1.97. The fraction of sp³-hybridized carbons (Fsp3) is 0.615. The normalized spacial score (nSPS) is 22.4. The quantitative estimate of drug-likeness (QED) is 0.0134. The highest BCUT2D eigenvalue weighted by Crippen LogP contribution is 2.60. The number of anilines is 1. The highest BCUT2D eigenvalue weighted by atomic mass is 31.3. The van der Waals surface area contributed by atoms with Gasteiger partial charge < -0.3 is 44.7 Å². The zero-order chi connectivity index (χ0) is 53.2. The molecule has 0 saturated carbocycles. The van der Waals surface area contributed by atoms with E-state index in [-0.39, 0.29) is 30.9 Å². The molecule has 3 rings (SSSR count). The van der Waals surface area contributed by atoms with Gasteiger partial charge in [-0.05, 0) is 96.0 Å². The molecule has 3 heterocycles. The van der Waals surface area contributed by atoms with Crippen LogP contribution >= 0.6 is 15.6 Å². The van der Waals surface area contributed by atoms with Crippen molar-refractivity contribution in [3.63, 3.8) is 0 Å². The number of aromatic nitrogens is 2. The number of ether oxygens (including phenoxy) is 4. The Kier molecular flexibility index (Phi) is 31.8. The predicted molar refractivity (Wildman–Crippen MR) is 279 cm³/mol. The maximum atomic E-state index is 12.9. The van der Waals surface area contributed by atoms with E-state index in [4.69, 9.17) is 33.7 Å². The topological polar surface area (TPSA) is 278 Å². The summed E-state index contributed by atoms with van der Waals surface area (Å²) in [6.07, 6.45) is 39.8. The van der Waals surface area contributed by atoms with Gasteiger partial charge in [-0.2, -0.15) is 9.29 Å². The third-order valence-electron chi connectivity index (χ3n) is 11.4. The summed E-state index contributed by atoms with van der Waals surface area (Å²) in [6, 6.07) is 1.24. The van der Waals surface area contributed by atoms with E-state index in [1.165, 1.54) is 44.6 Å². The number of phosphoric acid groups is 2. The van der Waals surface area contributed by atoms with Gasteiger partial charge >= 0.3 is 33.3 Å². The van der Waals surface area contributed by atoms with Crippen molar-refractivity contribution in [2.24, 2.45) is 0 Å². The third-order valence-corrected chi connectivity index (χ3v) is 14.0. The molecule has 0 bridgehead atoms. The summed E-state index contributed by atoms with van der Waals surface area (Å²) in [5.41, 5.74) is 4.58. The van der Waals surface area contributed by atoms with Gasteiger partial charge in [0.2, 0.25) is 0 Å². The Labute approximate surface area is 431 Å². The lowest BCUT2D eigenvalue weighted by Crippen LogP contribution is -2.36. The number of nitrogens with two attached hydrogens (primary N) is 1. The molecule has 0 amide bonds. The molecule has 19 nitrogen and oxygen atoms in total. The van der Waals surface area contributed by atoms with Crippen molar-refractivity contribution in [2.75, 3.05) is 25.6 Å². The number of aliphatic hydroxyl groups excluding tert-OH is 2. The molecule has 6 N–H and O–H groups in total. The van der Waals surface area contributed by atoms with Gasteiger partial charge in [0.1, 0.15) is 30.7 Å². The molecule has 2 fully saturated rings. The zero-order valence-electron chi connectivity index (χ0n) is 42.6. The number of hydrogen-bond acceptors (Lipinski definition) is 16. The van der Waals surface area contributed by atoms with Gasteiger partial charge in [0.05, 0.1) is 25.4 Å². The van der Waals surface area contributed by atoms with Crippen molar-refractivity contribution in [2.45, 2.75) is 185 Å². The molecule has 0 aromatic carbocycles. The molecule has 21 heteroatoms. The number of nitrogen functional groups attached to an aromatic ring is 1. The van der Waals surface area contributed by atoms with E-state index in [0.717, 1.165) is 62.1 Å². The van der Waals surface area contributed by atoms with Crippen molar-refractivity contribution in [1.29, 1.82) is 0 Å². The van der Waals surface area contributed by atoms with E-state index in [1.54, 1.807) is 0 Å². The fourth-order valence-corrected chi connectivity index (χ4v) is 9.33. The van der Waals surface area contributed by atoms with Crippen LogP contribution in [0.2, 0.25) is 0 Å².